The fraction of sp³-hybridized carbons (Fsp3) is 0.929. The fourth-order valence-electron chi connectivity index (χ4n) is 1.95. The van der Waals surface area contributed by atoms with Gasteiger partial charge >= 0.3 is 0 Å². The zero-order valence-corrected chi connectivity index (χ0v) is 12.2. The van der Waals surface area contributed by atoms with Crippen molar-refractivity contribution in [3.8, 4) is 6.07 Å². The monoisotopic (exact) mass is 239 g/mol. The molecule has 0 aromatic carbocycles. The van der Waals surface area contributed by atoms with Crippen molar-refractivity contribution in [1.29, 1.82) is 5.26 Å². The third kappa shape index (κ3) is 7.36. The first kappa shape index (κ1) is 16.4. The SMILES string of the molecule is CCN(CCCCC(C)(C#N)NC)CC(C)C. The van der Waals surface area contributed by atoms with E-state index in [0.717, 1.165) is 31.8 Å². The smallest absolute Gasteiger partial charge is 0.103 e. The average Bonchev–Trinajstić information content (AvgIpc) is 2.32. The van der Waals surface area contributed by atoms with Gasteiger partial charge in [0, 0.05) is 6.54 Å². The van der Waals surface area contributed by atoms with E-state index in [1.165, 1.54) is 13.0 Å². The minimum Gasteiger partial charge on any atom is -0.303 e. The van der Waals surface area contributed by atoms with E-state index in [9.17, 15) is 0 Å². The lowest BCUT2D eigenvalue weighted by molar-refractivity contribution is 0.248. The van der Waals surface area contributed by atoms with Crippen molar-refractivity contribution in [3.05, 3.63) is 0 Å². The van der Waals surface area contributed by atoms with Gasteiger partial charge in [0.2, 0.25) is 0 Å². The Labute approximate surface area is 107 Å². The van der Waals surface area contributed by atoms with Crippen molar-refractivity contribution < 1.29 is 0 Å². The van der Waals surface area contributed by atoms with Crippen molar-refractivity contribution in [2.24, 2.45) is 5.92 Å². The molecule has 17 heavy (non-hydrogen) atoms. The van der Waals surface area contributed by atoms with Gasteiger partial charge in [0.1, 0.15) is 5.54 Å². The normalized spacial score (nSPS) is 14.9. The molecule has 0 amide bonds. The molecule has 0 rings (SSSR count). The second-order valence-corrected chi connectivity index (χ2v) is 5.44. The lowest BCUT2D eigenvalue weighted by Crippen LogP contribution is -2.38. The Hall–Kier alpha value is -0.590. The molecule has 1 unspecified atom stereocenters. The van der Waals surface area contributed by atoms with Crippen LogP contribution in [0.25, 0.3) is 0 Å². The molecule has 0 saturated carbocycles. The zero-order chi connectivity index (χ0) is 13.3. The molecule has 0 aliphatic rings. The lowest BCUT2D eigenvalue weighted by atomic mass is 9.97. The van der Waals surface area contributed by atoms with Crippen molar-refractivity contribution in [1.82, 2.24) is 10.2 Å². The number of nitrogens with zero attached hydrogens (tertiary/aromatic N) is 2. The van der Waals surface area contributed by atoms with Crippen LogP contribution in [0.3, 0.4) is 0 Å². The largest absolute Gasteiger partial charge is 0.303 e. The Bertz CT molecular complexity index is 232. The van der Waals surface area contributed by atoms with E-state index >= 15 is 0 Å². The summed E-state index contributed by atoms with van der Waals surface area (Å²) in [6.07, 6.45) is 3.22. The van der Waals surface area contributed by atoms with E-state index < -0.39 is 0 Å². The number of hydrogen-bond donors (Lipinski definition) is 1. The molecule has 0 heterocycles. The molecule has 0 saturated heterocycles. The molecule has 100 valence electrons. The van der Waals surface area contributed by atoms with Gasteiger partial charge < -0.3 is 10.2 Å². The summed E-state index contributed by atoms with van der Waals surface area (Å²) in [5.41, 5.74) is -0.352. The van der Waals surface area contributed by atoms with Gasteiger partial charge in [-0.2, -0.15) is 5.26 Å². The van der Waals surface area contributed by atoms with Gasteiger partial charge in [-0.05, 0) is 52.2 Å². The molecule has 3 nitrogen and oxygen atoms in total. The maximum atomic E-state index is 9.04. The Balaban J connectivity index is 3.79. The highest BCUT2D eigenvalue weighted by molar-refractivity contribution is 5.02. The van der Waals surface area contributed by atoms with Crippen LogP contribution in [0.15, 0.2) is 0 Å². The van der Waals surface area contributed by atoms with Crippen LogP contribution in [-0.4, -0.2) is 37.1 Å². The molecule has 0 aliphatic heterocycles. The Morgan fingerprint density at radius 3 is 2.41 bits per heavy atom. The highest BCUT2D eigenvalue weighted by Crippen LogP contribution is 2.12. The molecule has 0 spiro atoms. The van der Waals surface area contributed by atoms with Gasteiger partial charge in [-0.1, -0.05) is 20.8 Å². The summed E-state index contributed by atoms with van der Waals surface area (Å²) < 4.78 is 0. The fourth-order valence-corrected chi connectivity index (χ4v) is 1.95. The van der Waals surface area contributed by atoms with E-state index in [1.54, 1.807) is 0 Å². The van der Waals surface area contributed by atoms with Gasteiger partial charge in [-0.25, -0.2) is 0 Å². The lowest BCUT2D eigenvalue weighted by Gasteiger charge is -2.24. The van der Waals surface area contributed by atoms with E-state index in [1.807, 2.05) is 14.0 Å². The third-order valence-electron chi connectivity index (χ3n) is 3.27. The molecular weight excluding hydrogens is 210 g/mol. The van der Waals surface area contributed by atoms with Gasteiger partial charge in [-0.15, -0.1) is 0 Å². The topological polar surface area (TPSA) is 39.1 Å². The summed E-state index contributed by atoms with van der Waals surface area (Å²) in [5.74, 6) is 0.733. The summed E-state index contributed by atoms with van der Waals surface area (Å²) >= 11 is 0. The summed E-state index contributed by atoms with van der Waals surface area (Å²) in [5, 5.41) is 12.1. The maximum absolute atomic E-state index is 9.04. The molecular formula is C14H29N3. The van der Waals surface area contributed by atoms with Crippen molar-refractivity contribution in [2.45, 2.75) is 52.5 Å². The molecule has 0 fully saturated rings. The minimum absolute atomic E-state index is 0.352. The second-order valence-electron chi connectivity index (χ2n) is 5.44. The Morgan fingerprint density at radius 2 is 2.00 bits per heavy atom. The number of hydrogen-bond acceptors (Lipinski definition) is 3. The summed E-state index contributed by atoms with van der Waals surface area (Å²) in [4.78, 5) is 2.49. The minimum atomic E-state index is -0.352. The molecule has 3 heteroatoms. The quantitative estimate of drug-likeness (QED) is 0.629. The first-order valence-electron chi connectivity index (χ1n) is 6.80. The number of rotatable bonds is 9. The van der Waals surface area contributed by atoms with Crippen LogP contribution in [0.5, 0.6) is 0 Å². The molecule has 0 radical (unpaired) electrons. The first-order chi connectivity index (χ1) is 7.97. The molecule has 0 aromatic rings. The van der Waals surface area contributed by atoms with Crippen LogP contribution in [0.4, 0.5) is 0 Å². The number of nitrogens with one attached hydrogen (secondary N) is 1. The molecule has 0 aliphatic carbocycles. The van der Waals surface area contributed by atoms with Crippen molar-refractivity contribution >= 4 is 0 Å². The summed E-state index contributed by atoms with van der Waals surface area (Å²) in [7, 11) is 1.86. The van der Waals surface area contributed by atoms with E-state index in [4.69, 9.17) is 5.26 Å². The molecule has 1 N–H and O–H groups in total. The van der Waals surface area contributed by atoms with Crippen molar-refractivity contribution in [3.63, 3.8) is 0 Å². The Morgan fingerprint density at radius 1 is 1.35 bits per heavy atom. The Kier molecular flexibility index (Phi) is 8.20. The predicted octanol–water partition coefficient (Wildman–Crippen LogP) is 2.64. The van der Waals surface area contributed by atoms with E-state index in [0.29, 0.717) is 0 Å². The van der Waals surface area contributed by atoms with Gasteiger partial charge in [0.15, 0.2) is 0 Å². The zero-order valence-electron chi connectivity index (χ0n) is 12.2. The van der Waals surface area contributed by atoms with Crippen LogP contribution in [-0.2, 0) is 0 Å². The summed E-state index contributed by atoms with van der Waals surface area (Å²) in [6, 6.07) is 2.34. The van der Waals surface area contributed by atoms with E-state index in [-0.39, 0.29) is 5.54 Å². The predicted molar refractivity (Wildman–Crippen MR) is 73.9 cm³/mol. The van der Waals surface area contributed by atoms with Crippen LogP contribution >= 0.6 is 0 Å². The van der Waals surface area contributed by atoms with Gasteiger partial charge in [0.25, 0.3) is 0 Å². The average molecular weight is 239 g/mol. The van der Waals surface area contributed by atoms with Gasteiger partial charge in [0.05, 0.1) is 6.07 Å². The standard InChI is InChI=1S/C14H29N3/c1-6-17(11-13(2)3)10-8-7-9-14(4,12-15)16-5/h13,16H,6-11H2,1-5H3. The van der Waals surface area contributed by atoms with Crippen LogP contribution in [0.2, 0.25) is 0 Å². The first-order valence-corrected chi connectivity index (χ1v) is 6.80. The maximum Gasteiger partial charge on any atom is 0.103 e. The number of unbranched alkanes of at least 4 members (excludes halogenated alkanes) is 1. The van der Waals surface area contributed by atoms with Crippen LogP contribution < -0.4 is 5.32 Å². The van der Waals surface area contributed by atoms with Crippen molar-refractivity contribution in [2.75, 3.05) is 26.7 Å². The second kappa shape index (κ2) is 8.49. The highest BCUT2D eigenvalue weighted by atomic mass is 15.1. The summed E-state index contributed by atoms with van der Waals surface area (Å²) in [6.45, 7) is 12.2. The number of nitriles is 1. The van der Waals surface area contributed by atoms with E-state index in [2.05, 4.69) is 37.1 Å². The molecule has 0 aromatic heterocycles. The highest BCUT2D eigenvalue weighted by Gasteiger charge is 2.20. The van der Waals surface area contributed by atoms with Crippen LogP contribution in [0.1, 0.15) is 47.0 Å². The third-order valence-corrected chi connectivity index (χ3v) is 3.27. The van der Waals surface area contributed by atoms with Crippen LogP contribution in [0, 0.1) is 17.2 Å². The van der Waals surface area contributed by atoms with Gasteiger partial charge in [-0.3, -0.25) is 0 Å². The molecule has 0 bridgehead atoms. The molecule has 1 atom stereocenters.